The van der Waals surface area contributed by atoms with Gasteiger partial charge < -0.3 is 10.2 Å². The third-order valence-corrected chi connectivity index (χ3v) is 3.64. The Kier molecular flexibility index (Phi) is 5.33. The standard InChI is InChI=1S/C15H23N3O/c1-2-13-7-6-8-17-14(13)11-16-12-15(19)18-9-4-3-5-10-18/h6-8,16H,2-5,9-12H2,1H3. The quantitative estimate of drug-likeness (QED) is 0.878. The van der Waals surface area contributed by atoms with Crippen molar-refractivity contribution in [2.75, 3.05) is 19.6 Å². The average molecular weight is 261 g/mol. The molecule has 0 unspecified atom stereocenters. The van der Waals surface area contributed by atoms with Crippen LogP contribution in [-0.2, 0) is 17.8 Å². The fraction of sp³-hybridized carbons (Fsp3) is 0.600. The van der Waals surface area contributed by atoms with E-state index in [2.05, 4.69) is 23.3 Å². The zero-order chi connectivity index (χ0) is 13.5. The maximum absolute atomic E-state index is 12.0. The molecule has 0 aliphatic carbocycles. The lowest BCUT2D eigenvalue weighted by molar-refractivity contribution is -0.131. The number of carbonyl (C=O) groups excluding carboxylic acids is 1. The number of aryl methyl sites for hydroxylation is 1. The number of rotatable bonds is 5. The lowest BCUT2D eigenvalue weighted by atomic mass is 10.1. The first-order valence-electron chi connectivity index (χ1n) is 7.22. The van der Waals surface area contributed by atoms with E-state index in [1.54, 1.807) is 0 Å². The maximum atomic E-state index is 12.0. The molecule has 1 saturated heterocycles. The van der Waals surface area contributed by atoms with Crippen LogP contribution in [0.3, 0.4) is 0 Å². The largest absolute Gasteiger partial charge is 0.342 e. The van der Waals surface area contributed by atoms with Crippen molar-refractivity contribution in [3.05, 3.63) is 29.6 Å². The van der Waals surface area contributed by atoms with Gasteiger partial charge in [-0.1, -0.05) is 13.0 Å². The van der Waals surface area contributed by atoms with Gasteiger partial charge in [-0.05, 0) is 37.3 Å². The van der Waals surface area contributed by atoms with Crippen LogP contribution in [0.4, 0.5) is 0 Å². The number of amides is 1. The predicted octanol–water partition coefficient (Wildman–Crippen LogP) is 1.75. The summed E-state index contributed by atoms with van der Waals surface area (Å²) in [5.74, 6) is 0.216. The minimum Gasteiger partial charge on any atom is -0.342 e. The number of carbonyl (C=O) groups is 1. The molecule has 0 radical (unpaired) electrons. The second-order valence-electron chi connectivity index (χ2n) is 5.01. The molecule has 1 aliphatic rings. The molecule has 1 aromatic rings. The number of hydrogen-bond donors (Lipinski definition) is 1. The Hall–Kier alpha value is -1.42. The fourth-order valence-electron chi connectivity index (χ4n) is 2.50. The molecule has 1 fully saturated rings. The number of nitrogens with one attached hydrogen (secondary N) is 1. The molecule has 0 saturated carbocycles. The average Bonchev–Trinajstić information content (AvgIpc) is 2.48. The summed E-state index contributed by atoms with van der Waals surface area (Å²) in [6, 6.07) is 4.05. The van der Waals surface area contributed by atoms with E-state index in [9.17, 15) is 4.79 Å². The SMILES string of the molecule is CCc1cccnc1CNCC(=O)N1CCCCC1. The Labute approximate surface area is 115 Å². The number of hydrogen-bond acceptors (Lipinski definition) is 3. The van der Waals surface area contributed by atoms with Gasteiger partial charge in [-0.2, -0.15) is 0 Å². The molecule has 1 aliphatic heterocycles. The zero-order valence-corrected chi connectivity index (χ0v) is 11.7. The number of nitrogens with zero attached hydrogens (tertiary/aromatic N) is 2. The highest BCUT2D eigenvalue weighted by Crippen LogP contribution is 2.09. The molecule has 2 heterocycles. The molecule has 2 rings (SSSR count). The van der Waals surface area contributed by atoms with Crippen LogP contribution in [-0.4, -0.2) is 35.4 Å². The number of piperidine rings is 1. The molecular formula is C15H23N3O. The van der Waals surface area contributed by atoms with Gasteiger partial charge in [0, 0.05) is 25.8 Å². The van der Waals surface area contributed by atoms with Gasteiger partial charge in [0.25, 0.3) is 0 Å². The maximum Gasteiger partial charge on any atom is 0.236 e. The predicted molar refractivity (Wildman–Crippen MR) is 75.8 cm³/mol. The summed E-state index contributed by atoms with van der Waals surface area (Å²) in [5, 5.41) is 3.22. The second-order valence-corrected chi connectivity index (χ2v) is 5.01. The molecule has 1 amide bonds. The summed E-state index contributed by atoms with van der Waals surface area (Å²) in [4.78, 5) is 18.3. The first kappa shape index (κ1) is 14.0. The summed E-state index contributed by atoms with van der Waals surface area (Å²) in [6.07, 6.45) is 6.33. The molecule has 1 aromatic heterocycles. The molecule has 104 valence electrons. The van der Waals surface area contributed by atoms with E-state index in [0.29, 0.717) is 13.1 Å². The van der Waals surface area contributed by atoms with Crippen molar-refractivity contribution >= 4 is 5.91 Å². The van der Waals surface area contributed by atoms with Gasteiger partial charge >= 0.3 is 0 Å². The van der Waals surface area contributed by atoms with Crippen LogP contribution in [0.15, 0.2) is 18.3 Å². The third-order valence-electron chi connectivity index (χ3n) is 3.64. The Bertz CT molecular complexity index is 414. The van der Waals surface area contributed by atoms with Crippen molar-refractivity contribution in [3.63, 3.8) is 0 Å². The highest BCUT2D eigenvalue weighted by atomic mass is 16.2. The number of aromatic nitrogens is 1. The van der Waals surface area contributed by atoms with Crippen LogP contribution in [0, 0.1) is 0 Å². The van der Waals surface area contributed by atoms with Gasteiger partial charge in [-0.3, -0.25) is 9.78 Å². The summed E-state index contributed by atoms with van der Waals surface area (Å²) < 4.78 is 0. The van der Waals surface area contributed by atoms with Crippen LogP contribution >= 0.6 is 0 Å². The highest BCUT2D eigenvalue weighted by Gasteiger charge is 2.15. The highest BCUT2D eigenvalue weighted by molar-refractivity contribution is 5.78. The summed E-state index contributed by atoms with van der Waals surface area (Å²) in [6.45, 7) is 5.05. The Morgan fingerprint density at radius 2 is 2.16 bits per heavy atom. The van der Waals surface area contributed by atoms with Crippen LogP contribution in [0.25, 0.3) is 0 Å². The zero-order valence-electron chi connectivity index (χ0n) is 11.7. The van der Waals surface area contributed by atoms with E-state index in [4.69, 9.17) is 0 Å². The van der Waals surface area contributed by atoms with E-state index in [0.717, 1.165) is 38.0 Å². The normalized spacial score (nSPS) is 15.5. The van der Waals surface area contributed by atoms with Crippen molar-refractivity contribution in [3.8, 4) is 0 Å². The lowest BCUT2D eigenvalue weighted by Crippen LogP contribution is -2.41. The van der Waals surface area contributed by atoms with E-state index >= 15 is 0 Å². The van der Waals surface area contributed by atoms with Crippen molar-refractivity contribution < 1.29 is 4.79 Å². The third kappa shape index (κ3) is 4.03. The van der Waals surface area contributed by atoms with E-state index in [1.165, 1.54) is 12.0 Å². The molecule has 0 spiro atoms. The minimum absolute atomic E-state index is 0.216. The lowest BCUT2D eigenvalue weighted by Gasteiger charge is -2.26. The van der Waals surface area contributed by atoms with Gasteiger partial charge in [0.15, 0.2) is 0 Å². The Morgan fingerprint density at radius 1 is 1.37 bits per heavy atom. The Balaban J connectivity index is 1.78. The van der Waals surface area contributed by atoms with Crippen molar-refractivity contribution in [1.29, 1.82) is 0 Å². The van der Waals surface area contributed by atoms with Gasteiger partial charge in [-0.15, -0.1) is 0 Å². The van der Waals surface area contributed by atoms with Gasteiger partial charge in [-0.25, -0.2) is 0 Å². The smallest absolute Gasteiger partial charge is 0.236 e. The summed E-state index contributed by atoms with van der Waals surface area (Å²) in [7, 11) is 0. The van der Waals surface area contributed by atoms with Gasteiger partial charge in [0.05, 0.1) is 12.2 Å². The van der Waals surface area contributed by atoms with Crippen LogP contribution in [0.2, 0.25) is 0 Å². The Morgan fingerprint density at radius 3 is 2.89 bits per heavy atom. The van der Waals surface area contributed by atoms with Crippen molar-refractivity contribution in [1.82, 2.24) is 15.2 Å². The molecular weight excluding hydrogens is 238 g/mol. The van der Waals surface area contributed by atoms with E-state index in [1.807, 2.05) is 17.2 Å². The first-order valence-corrected chi connectivity index (χ1v) is 7.22. The minimum atomic E-state index is 0.216. The topological polar surface area (TPSA) is 45.2 Å². The van der Waals surface area contributed by atoms with Crippen LogP contribution in [0.1, 0.15) is 37.4 Å². The van der Waals surface area contributed by atoms with Gasteiger partial charge in [0.1, 0.15) is 0 Å². The number of pyridine rings is 1. The molecule has 4 heteroatoms. The molecule has 19 heavy (non-hydrogen) atoms. The first-order chi connectivity index (χ1) is 9.31. The van der Waals surface area contributed by atoms with Gasteiger partial charge in [0.2, 0.25) is 5.91 Å². The summed E-state index contributed by atoms with van der Waals surface area (Å²) in [5.41, 5.74) is 2.30. The van der Waals surface area contributed by atoms with Crippen molar-refractivity contribution in [2.45, 2.75) is 39.2 Å². The molecule has 0 bridgehead atoms. The van der Waals surface area contributed by atoms with E-state index in [-0.39, 0.29) is 5.91 Å². The molecule has 0 aromatic carbocycles. The fourth-order valence-corrected chi connectivity index (χ4v) is 2.50. The van der Waals surface area contributed by atoms with E-state index < -0.39 is 0 Å². The van der Waals surface area contributed by atoms with Crippen LogP contribution < -0.4 is 5.32 Å². The molecule has 0 atom stereocenters. The van der Waals surface area contributed by atoms with Crippen molar-refractivity contribution in [2.24, 2.45) is 0 Å². The molecule has 1 N–H and O–H groups in total. The monoisotopic (exact) mass is 261 g/mol. The van der Waals surface area contributed by atoms with Crippen LogP contribution in [0.5, 0.6) is 0 Å². The number of likely N-dealkylation sites (tertiary alicyclic amines) is 1. The second kappa shape index (κ2) is 7.24. The molecule has 4 nitrogen and oxygen atoms in total. The summed E-state index contributed by atoms with van der Waals surface area (Å²) >= 11 is 0.